The Morgan fingerprint density at radius 3 is 3.06 bits per heavy atom. The molecule has 0 radical (unpaired) electrons. The van der Waals surface area contributed by atoms with E-state index in [4.69, 9.17) is 11.6 Å². The Kier molecular flexibility index (Phi) is 3.44. The predicted octanol–water partition coefficient (Wildman–Crippen LogP) is 1.44. The van der Waals surface area contributed by atoms with E-state index in [0.717, 1.165) is 19.6 Å². The first kappa shape index (κ1) is 12.1. The number of nitrogens with one attached hydrogen (secondary N) is 1. The third-order valence-corrected chi connectivity index (χ3v) is 2.96. The molecular weight excluding hydrogens is 244 g/mol. The summed E-state index contributed by atoms with van der Waals surface area (Å²) in [7, 11) is 0. The summed E-state index contributed by atoms with van der Waals surface area (Å²) < 4.78 is 0. The number of rotatable bonds is 2. The zero-order valence-electron chi connectivity index (χ0n) is 9.39. The molecule has 1 fully saturated rings. The Morgan fingerprint density at radius 2 is 2.47 bits per heavy atom. The summed E-state index contributed by atoms with van der Waals surface area (Å²) in [6.07, 6.45) is 1.24. The summed E-state index contributed by atoms with van der Waals surface area (Å²) in [5.74, 6) is 0.616. The van der Waals surface area contributed by atoms with Crippen molar-refractivity contribution in [1.82, 2.24) is 10.3 Å². The van der Waals surface area contributed by atoms with Gasteiger partial charge >= 0.3 is 0 Å². The Bertz CT molecular complexity index is 440. The highest BCUT2D eigenvalue weighted by Crippen LogP contribution is 2.27. The minimum atomic E-state index is -0.497. The van der Waals surface area contributed by atoms with Gasteiger partial charge in [0.1, 0.15) is 12.0 Å². The summed E-state index contributed by atoms with van der Waals surface area (Å²) in [6, 6.07) is 1.70. The molecule has 92 valence electrons. The van der Waals surface area contributed by atoms with Crippen LogP contribution < -0.4 is 10.2 Å². The van der Waals surface area contributed by atoms with Crippen molar-refractivity contribution in [2.45, 2.75) is 13.0 Å². The number of pyridine rings is 1. The van der Waals surface area contributed by atoms with Gasteiger partial charge in [0.2, 0.25) is 0 Å². The number of halogens is 1. The van der Waals surface area contributed by atoms with E-state index in [1.165, 1.54) is 12.3 Å². The molecule has 1 atom stereocenters. The van der Waals surface area contributed by atoms with E-state index in [1.54, 1.807) is 0 Å². The molecule has 7 heteroatoms. The molecule has 17 heavy (non-hydrogen) atoms. The molecule has 1 aliphatic rings. The van der Waals surface area contributed by atoms with Gasteiger partial charge in [-0.3, -0.25) is 10.1 Å². The van der Waals surface area contributed by atoms with Crippen molar-refractivity contribution >= 4 is 23.1 Å². The summed E-state index contributed by atoms with van der Waals surface area (Å²) >= 11 is 6.03. The first-order valence-corrected chi connectivity index (χ1v) is 5.74. The van der Waals surface area contributed by atoms with Gasteiger partial charge in [0.05, 0.1) is 9.95 Å². The van der Waals surface area contributed by atoms with Crippen LogP contribution in [0.15, 0.2) is 12.3 Å². The highest BCUT2D eigenvalue weighted by Gasteiger charge is 2.20. The number of hydrogen-bond donors (Lipinski definition) is 1. The van der Waals surface area contributed by atoms with Gasteiger partial charge in [0.15, 0.2) is 0 Å². The average molecular weight is 257 g/mol. The van der Waals surface area contributed by atoms with Crippen LogP contribution >= 0.6 is 11.6 Å². The predicted molar refractivity (Wildman–Crippen MR) is 65.6 cm³/mol. The van der Waals surface area contributed by atoms with Crippen molar-refractivity contribution in [1.29, 1.82) is 0 Å². The van der Waals surface area contributed by atoms with Crippen molar-refractivity contribution in [3.05, 3.63) is 27.4 Å². The molecule has 6 nitrogen and oxygen atoms in total. The van der Waals surface area contributed by atoms with Crippen LogP contribution in [0.2, 0.25) is 5.02 Å². The lowest BCUT2D eigenvalue weighted by Gasteiger charge is -2.33. The minimum Gasteiger partial charge on any atom is -0.353 e. The zero-order chi connectivity index (χ0) is 12.4. The second-order valence-electron chi connectivity index (χ2n) is 4.06. The van der Waals surface area contributed by atoms with Crippen LogP contribution in [0, 0.1) is 10.1 Å². The maximum Gasteiger partial charge on any atom is 0.289 e. The summed E-state index contributed by atoms with van der Waals surface area (Å²) in [5.41, 5.74) is -0.0815. The van der Waals surface area contributed by atoms with Crippen LogP contribution in [-0.4, -0.2) is 35.6 Å². The standard InChI is InChI=1S/C10H13ClN4O2/c1-7-6-14(3-2-12-7)10-9(11)4-8(5-13-10)15(16)17/h4-5,7,12H,2-3,6H2,1H3/t7-/m1/s1. The van der Waals surface area contributed by atoms with Crippen LogP contribution in [0.5, 0.6) is 0 Å². The summed E-state index contributed by atoms with van der Waals surface area (Å²) in [4.78, 5) is 16.2. The monoisotopic (exact) mass is 256 g/mol. The lowest BCUT2D eigenvalue weighted by molar-refractivity contribution is -0.385. The number of hydrogen-bond acceptors (Lipinski definition) is 5. The molecule has 1 aliphatic heterocycles. The smallest absolute Gasteiger partial charge is 0.289 e. The quantitative estimate of drug-likeness (QED) is 0.640. The molecule has 1 N–H and O–H groups in total. The Hall–Kier alpha value is -1.40. The van der Waals surface area contributed by atoms with E-state index in [-0.39, 0.29) is 5.69 Å². The number of aromatic nitrogens is 1. The van der Waals surface area contributed by atoms with Crippen LogP contribution in [0.4, 0.5) is 11.5 Å². The molecule has 0 aliphatic carbocycles. The lowest BCUT2D eigenvalue weighted by Crippen LogP contribution is -2.49. The number of piperazine rings is 1. The van der Waals surface area contributed by atoms with Crippen LogP contribution in [0.3, 0.4) is 0 Å². The molecule has 0 amide bonds. The van der Waals surface area contributed by atoms with Crippen molar-refractivity contribution in [2.75, 3.05) is 24.5 Å². The summed E-state index contributed by atoms with van der Waals surface area (Å²) in [6.45, 7) is 4.53. The largest absolute Gasteiger partial charge is 0.353 e. The third kappa shape index (κ3) is 2.65. The maximum absolute atomic E-state index is 10.6. The first-order chi connectivity index (χ1) is 8.08. The van der Waals surface area contributed by atoms with Crippen LogP contribution in [0.1, 0.15) is 6.92 Å². The molecule has 2 rings (SSSR count). The number of nitro groups is 1. The molecule has 0 unspecified atom stereocenters. The van der Waals surface area contributed by atoms with Crippen LogP contribution in [-0.2, 0) is 0 Å². The molecule has 1 aromatic rings. The van der Waals surface area contributed by atoms with E-state index >= 15 is 0 Å². The van der Waals surface area contributed by atoms with Gasteiger partial charge < -0.3 is 10.2 Å². The van der Waals surface area contributed by atoms with E-state index in [0.29, 0.717) is 16.9 Å². The highest BCUT2D eigenvalue weighted by atomic mass is 35.5. The molecule has 1 aromatic heterocycles. The second kappa shape index (κ2) is 4.85. The van der Waals surface area contributed by atoms with Crippen molar-refractivity contribution < 1.29 is 4.92 Å². The fraction of sp³-hybridized carbons (Fsp3) is 0.500. The number of anilines is 1. The van der Waals surface area contributed by atoms with Crippen molar-refractivity contribution in [3.8, 4) is 0 Å². The Labute approximate surface area is 104 Å². The normalized spacial score (nSPS) is 20.4. The van der Waals surface area contributed by atoms with Gasteiger partial charge in [-0.1, -0.05) is 11.6 Å². The van der Waals surface area contributed by atoms with Gasteiger partial charge in [0, 0.05) is 31.7 Å². The van der Waals surface area contributed by atoms with Gasteiger partial charge in [-0.2, -0.15) is 0 Å². The zero-order valence-corrected chi connectivity index (χ0v) is 10.1. The molecular formula is C10H13ClN4O2. The minimum absolute atomic E-state index is 0.0815. The van der Waals surface area contributed by atoms with E-state index in [1.807, 2.05) is 4.90 Å². The number of nitrogens with zero attached hydrogens (tertiary/aromatic N) is 3. The molecule has 0 saturated carbocycles. The van der Waals surface area contributed by atoms with Gasteiger partial charge in [-0.05, 0) is 6.92 Å². The molecule has 0 bridgehead atoms. The molecule has 2 heterocycles. The van der Waals surface area contributed by atoms with Gasteiger partial charge in [-0.15, -0.1) is 0 Å². The first-order valence-electron chi connectivity index (χ1n) is 5.36. The lowest BCUT2D eigenvalue weighted by atomic mass is 10.2. The highest BCUT2D eigenvalue weighted by molar-refractivity contribution is 6.33. The summed E-state index contributed by atoms with van der Waals surface area (Å²) in [5, 5.41) is 14.2. The Balaban J connectivity index is 2.23. The van der Waals surface area contributed by atoms with E-state index in [9.17, 15) is 10.1 Å². The SMILES string of the molecule is C[C@@H]1CN(c2ncc([N+](=O)[O-])cc2Cl)CCN1. The maximum atomic E-state index is 10.6. The molecule has 0 spiro atoms. The third-order valence-electron chi connectivity index (χ3n) is 2.69. The molecule has 1 saturated heterocycles. The van der Waals surface area contributed by atoms with Gasteiger partial charge in [-0.25, -0.2) is 4.98 Å². The van der Waals surface area contributed by atoms with E-state index in [2.05, 4.69) is 17.2 Å². The van der Waals surface area contributed by atoms with E-state index < -0.39 is 4.92 Å². The molecule has 0 aromatic carbocycles. The average Bonchev–Trinajstić information content (AvgIpc) is 2.28. The second-order valence-corrected chi connectivity index (χ2v) is 4.46. The fourth-order valence-corrected chi connectivity index (χ4v) is 2.16. The van der Waals surface area contributed by atoms with Crippen LogP contribution in [0.25, 0.3) is 0 Å². The topological polar surface area (TPSA) is 71.3 Å². The van der Waals surface area contributed by atoms with Gasteiger partial charge in [0.25, 0.3) is 5.69 Å². The van der Waals surface area contributed by atoms with Crippen molar-refractivity contribution in [2.24, 2.45) is 0 Å². The Morgan fingerprint density at radius 1 is 1.71 bits per heavy atom. The fourth-order valence-electron chi connectivity index (χ4n) is 1.88. The van der Waals surface area contributed by atoms with Crippen molar-refractivity contribution in [3.63, 3.8) is 0 Å².